The van der Waals surface area contributed by atoms with Crippen LogP contribution in [0.1, 0.15) is 43.2 Å². The van der Waals surface area contributed by atoms with Gasteiger partial charge in [-0.05, 0) is 54.0 Å². The van der Waals surface area contributed by atoms with Crippen molar-refractivity contribution in [3.63, 3.8) is 0 Å². The molecule has 0 aliphatic heterocycles. The third kappa shape index (κ3) is 4.98. The molecule has 1 unspecified atom stereocenters. The highest BCUT2D eigenvalue weighted by molar-refractivity contribution is 6.30. The van der Waals surface area contributed by atoms with Crippen LogP contribution >= 0.6 is 11.6 Å². The molecule has 3 heterocycles. The number of aryl methyl sites for hydroxylation is 1. The Morgan fingerprint density at radius 2 is 2.03 bits per heavy atom. The van der Waals surface area contributed by atoms with Gasteiger partial charge in [0.2, 0.25) is 5.91 Å². The second-order valence-electron chi connectivity index (χ2n) is 8.73. The Bertz CT molecular complexity index is 1210. The molecule has 170 valence electrons. The molecule has 0 radical (unpaired) electrons. The highest BCUT2D eigenvalue weighted by Gasteiger charge is 2.38. The van der Waals surface area contributed by atoms with E-state index in [1.54, 1.807) is 35.4 Å². The number of amides is 1. The van der Waals surface area contributed by atoms with Crippen molar-refractivity contribution in [2.75, 3.05) is 0 Å². The van der Waals surface area contributed by atoms with Crippen LogP contribution < -0.4 is 5.73 Å². The lowest BCUT2D eigenvalue weighted by atomic mass is 9.71. The van der Waals surface area contributed by atoms with Gasteiger partial charge >= 0.3 is 0 Å². The minimum Gasteiger partial charge on any atom is -0.366 e. The minimum atomic E-state index is -0.732. The van der Waals surface area contributed by atoms with Crippen molar-refractivity contribution >= 4 is 23.2 Å². The van der Waals surface area contributed by atoms with E-state index in [2.05, 4.69) is 44.3 Å². The Kier molecular flexibility index (Phi) is 6.33. The first-order chi connectivity index (χ1) is 15.8. The summed E-state index contributed by atoms with van der Waals surface area (Å²) in [5.41, 5.74) is 8.47. The molecule has 1 amide bonds. The summed E-state index contributed by atoms with van der Waals surface area (Å²) in [5.74, 6) is 0.544. The van der Waals surface area contributed by atoms with Crippen LogP contribution in [-0.4, -0.2) is 41.1 Å². The van der Waals surface area contributed by atoms with Crippen molar-refractivity contribution in [2.24, 2.45) is 11.7 Å². The van der Waals surface area contributed by atoms with Crippen LogP contribution in [0.3, 0.4) is 0 Å². The summed E-state index contributed by atoms with van der Waals surface area (Å²) in [5, 5.41) is 12.8. The van der Waals surface area contributed by atoms with Crippen molar-refractivity contribution < 1.29 is 4.79 Å². The Morgan fingerprint density at radius 1 is 1.21 bits per heavy atom. The van der Waals surface area contributed by atoms with Gasteiger partial charge in [-0.3, -0.25) is 19.7 Å². The van der Waals surface area contributed by atoms with Gasteiger partial charge in [0.25, 0.3) is 0 Å². The summed E-state index contributed by atoms with van der Waals surface area (Å²) < 4.78 is 1.66. The van der Waals surface area contributed by atoms with Gasteiger partial charge in [0.05, 0.1) is 27.8 Å². The zero-order valence-corrected chi connectivity index (χ0v) is 19.5. The molecule has 0 spiro atoms. The molecule has 33 heavy (non-hydrogen) atoms. The highest BCUT2D eigenvalue weighted by Crippen LogP contribution is 2.40. The molecule has 1 atom stereocenters. The smallest absolute Gasteiger partial charge is 0.244 e. The standard InChI is InChI=1S/C23H25ClN8O/c1-14(2)6-21-29-30-31-32(21)19-7-16(22(25)33)8-23(10-19,20-5-4-17(24)12-28-20)9-18-13-26-15(3)11-27-18/h4-5,7,10-14H,6,8-9H2,1-3H3,(H2,25,33). The van der Waals surface area contributed by atoms with E-state index >= 15 is 0 Å². The number of carbonyl (C=O) groups is 1. The van der Waals surface area contributed by atoms with Crippen LogP contribution in [0.4, 0.5) is 0 Å². The first kappa shape index (κ1) is 22.7. The van der Waals surface area contributed by atoms with Crippen LogP contribution in [0.5, 0.6) is 0 Å². The second-order valence-corrected chi connectivity index (χ2v) is 9.16. The Hall–Kier alpha value is -3.46. The molecule has 3 aromatic heterocycles. The number of carbonyl (C=O) groups excluding carboxylic acids is 1. The molecule has 4 rings (SSSR count). The van der Waals surface area contributed by atoms with Crippen molar-refractivity contribution in [3.8, 4) is 0 Å². The molecule has 10 heteroatoms. The predicted molar refractivity (Wildman–Crippen MR) is 124 cm³/mol. The van der Waals surface area contributed by atoms with Crippen LogP contribution in [-0.2, 0) is 23.1 Å². The monoisotopic (exact) mass is 464 g/mol. The quantitative estimate of drug-likeness (QED) is 0.569. The topological polar surface area (TPSA) is 125 Å². The number of halogens is 1. The third-order valence-electron chi connectivity index (χ3n) is 5.51. The molecule has 3 aromatic rings. The first-order valence-corrected chi connectivity index (χ1v) is 11.0. The van der Waals surface area contributed by atoms with Crippen LogP contribution in [0.15, 0.2) is 48.4 Å². The zero-order valence-electron chi connectivity index (χ0n) is 18.7. The van der Waals surface area contributed by atoms with E-state index in [9.17, 15) is 4.79 Å². The number of nitrogens with two attached hydrogens (primary N) is 1. The predicted octanol–water partition coefficient (Wildman–Crippen LogP) is 2.86. The van der Waals surface area contributed by atoms with E-state index in [-0.39, 0.29) is 0 Å². The Labute approximate surface area is 196 Å². The van der Waals surface area contributed by atoms with Gasteiger partial charge in [0, 0.05) is 42.4 Å². The summed E-state index contributed by atoms with van der Waals surface area (Å²) >= 11 is 6.12. The summed E-state index contributed by atoms with van der Waals surface area (Å²) in [6, 6.07) is 3.64. The van der Waals surface area contributed by atoms with Gasteiger partial charge in [-0.25, -0.2) is 0 Å². The summed E-state index contributed by atoms with van der Waals surface area (Å²) in [6.45, 7) is 6.07. The number of allylic oxidation sites excluding steroid dienone is 3. The number of hydrogen-bond donors (Lipinski definition) is 1. The second kappa shape index (κ2) is 9.19. The molecule has 2 N–H and O–H groups in total. The van der Waals surface area contributed by atoms with E-state index in [0.717, 1.165) is 17.1 Å². The number of rotatable bonds is 7. The number of nitrogens with zero attached hydrogens (tertiary/aromatic N) is 7. The number of pyridine rings is 1. The number of tetrazole rings is 1. The van der Waals surface area contributed by atoms with Crippen molar-refractivity contribution in [1.29, 1.82) is 0 Å². The van der Waals surface area contributed by atoms with Gasteiger partial charge in [0.1, 0.15) is 0 Å². The highest BCUT2D eigenvalue weighted by atomic mass is 35.5. The molecule has 0 saturated heterocycles. The lowest BCUT2D eigenvalue weighted by Crippen LogP contribution is -2.35. The summed E-state index contributed by atoms with van der Waals surface area (Å²) in [6.07, 6.45) is 10.3. The third-order valence-corrected chi connectivity index (χ3v) is 5.73. The van der Waals surface area contributed by atoms with Gasteiger partial charge in [0.15, 0.2) is 5.82 Å². The van der Waals surface area contributed by atoms with Crippen molar-refractivity contribution in [2.45, 2.75) is 45.4 Å². The van der Waals surface area contributed by atoms with E-state index in [1.165, 1.54) is 0 Å². The lowest BCUT2D eigenvalue weighted by molar-refractivity contribution is -0.114. The zero-order chi connectivity index (χ0) is 23.6. The number of aromatic nitrogens is 7. The molecule has 0 aromatic carbocycles. The summed E-state index contributed by atoms with van der Waals surface area (Å²) in [4.78, 5) is 25.9. The Balaban J connectivity index is 1.89. The molecule has 0 saturated carbocycles. The molecular formula is C23H25ClN8O. The SMILES string of the molecule is Cc1cnc(CC2(c3ccc(Cl)cn3)C=C(n3nnnc3CC(C)C)C=C(C(N)=O)C2)cn1. The number of primary amides is 1. The molecule has 1 aliphatic rings. The van der Waals surface area contributed by atoms with Crippen molar-refractivity contribution in [1.82, 2.24) is 35.2 Å². The maximum atomic E-state index is 12.4. The fourth-order valence-corrected chi connectivity index (χ4v) is 4.11. The van der Waals surface area contributed by atoms with Gasteiger partial charge in [-0.2, -0.15) is 4.68 Å². The van der Waals surface area contributed by atoms with Gasteiger partial charge in [-0.15, -0.1) is 5.10 Å². The molecule has 1 aliphatic carbocycles. The van der Waals surface area contributed by atoms with Crippen LogP contribution in [0.25, 0.3) is 5.70 Å². The molecule has 0 bridgehead atoms. The first-order valence-electron chi connectivity index (χ1n) is 10.7. The van der Waals surface area contributed by atoms with Crippen molar-refractivity contribution in [3.05, 3.63) is 76.4 Å². The van der Waals surface area contributed by atoms with Crippen LogP contribution in [0.2, 0.25) is 5.02 Å². The van der Waals surface area contributed by atoms with E-state index in [0.29, 0.717) is 47.3 Å². The van der Waals surface area contributed by atoms with Gasteiger partial charge < -0.3 is 5.73 Å². The fraction of sp³-hybridized carbons (Fsp3) is 0.348. The Morgan fingerprint density at radius 3 is 2.67 bits per heavy atom. The summed E-state index contributed by atoms with van der Waals surface area (Å²) in [7, 11) is 0. The largest absolute Gasteiger partial charge is 0.366 e. The molecule has 0 fully saturated rings. The van der Waals surface area contributed by atoms with Gasteiger partial charge in [-0.1, -0.05) is 25.4 Å². The van der Waals surface area contributed by atoms with Crippen LogP contribution in [0, 0.1) is 12.8 Å². The average Bonchev–Trinajstić information content (AvgIpc) is 3.23. The normalized spacial score (nSPS) is 18.2. The average molecular weight is 465 g/mol. The van der Waals surface area contributed by atoms with E-state index in [4.69, 9.17) is 17.3 Å². The van der Waals surface area contributed by atoms with E-state index < -0.39 is 11.3 Å². The molecule has 9 nitrogen and oxygen atoms in total. The fourth-order valence-electron chi connectivity index (χ4n) is 4.00. The molecular weight excluding hydrogens is 440 g/mol. The lowest BCUT2D eigenvalue weighted by Gasteiger charge is -2.34. The maximum absolute atomic E-state index is 12.4. The maximum Gasteiger partial charge on any atom is 0.244 e. The van der Waals surface area contributed by atoms with E-state index in [1.807, 2.05) is 19.1 Å². The number of hydrogen-bond acceptors (Lipinski definition) is 7. The minimum absolute atomic E-state index is 0.345.